The van der Waals surface area contributed by atoms with Gasteiger partial charge in [-0.3, -0.25) is 4.79 Å². The van der Waals surface area contributed by atoms with Gasteiger partial charge in [0.15, 0.2) is 0 Å². The van der Waals surface area contributed by atoms with E-state index in [1.165, 1.54) is 6.42 Å². The Morgan fingerprint density at radius 2 is 1.95 bits per heavy atom. The predicted molar refractivity (Wildman–Crippen MR) is 80.7 cm³/mol. The largest absolute Gasteiger partial charge is 0.356 e. The summed E-state index contributed by atoms with van der Waals surface area (Å²) in [4.78, 5) is 12.2. The van der Waals surface area contributed by atoms with E-state index < -0.39 is 0 Å². The summed E-state index contributed by atoms with van der Waals surface area (Å²) in [5, 5.41) is 3.12. The monoisotopic (exact) mass is 268 g/mol. The van der Waals surface area contributed by atoms with Gasteiger partial charge in [-0.15, -0.1) is 0 Å². The Morgan fingerprint density at radius 3 is 2.47 bits per heavy atom. The third-order valence-electron chi connectivity index (χ3n) is 4.94. The number of hydrogen-bond donors (Lipinski definition) is 2. The topological polar surface area (TPSA) is 55.1 Å². The van der Waals surface area contributed by atoms with E-state index in [9.17, 15) is 4.79 Å². The average Bonchev–Trinajstić information content (AvgIpc) is 2.33. The first kappa shape index (κ1) is 16.5. The van der Waals surface area contributed by atoms with E-state index in [4.69, 9.17) is 5.73 Å². The van der Waals surface area contributed by atoms with Crippen LogP contribution in [0.15, 0.2) is 0 Å². The van der Waals surface area contributed by atoms with E-state index in [1.54, 1.807) is 0 Å². The lowest BCUT2D eigenvalue weighted by atomic mass is 9.78. The molecule has 0 saturated heterocycles. The lowest BCUT2D eigenvalue weighted by Crippen LogP contribution is -2.40. The van der Waals surface area contributed by atoms with Gasteiger partial charge in [-0.05, 0) is 36.5 Å². The van der Waals surface area contributed by atoms with Crippen molar-refractivity contribution in [3.8, 4) is 0 Å². The molecular formula is C16H32N2O. The van der Waals surface area contributed by atoms with Crippen LogP contribution in [-0.2, 0) is 4.79 Å². The minimum absolute atomic E-state index is 0.0959. The van der Waals surface area contributed by atoms with Crippen LogP contribution in [0, 0.1) is 23.2 Å². The number of nitrogens with two attached hydrogens (primary N) is 1. The molecule has 3 heteroatoms. The number of carbonyl (C=O) groups excluding carboxylic acids is 1. The number of rotatable bonds is 4. The minimum Gasteiger partial charge on any atom is -0.356 e. The Morgan fingerprint density at radius 1 is 1.32 bits per heavy atom. The fourth-order valence-corrected chi connectivity index (χ4v) is 2.66. The van der Waals surface area contributed by atoms with Gasteiger partial charge in [0.05, 0.1) is 0 Å². The summed E-state index contributed by atoms with van der Waals surface area (Å²) in [6, 6.07) is 0.294. The van der Waals surface area contributed by atoms with Crippen LogP contribution in [0.4, 0.5) is 0 Å². The molecule has 1 amide bonds. The molecule has 1 aliphatic rings. The molecule has 0 aliphatic heterocycles. The fraction of sp³-hybridized carbons (Fsp3) is 0.938. The molecule has 0 heterocycles. The molecule has 0 aromatic carbocycles. The highest BCUT2D eigenvalue weighted by Gasteiger charge is 2.29. The third kappa shape index (κ3) is 5.13. The SMILES string of the molecule is CC(C(=O)NCC(C)C(C)(C)C)C1CCCC(N)C1. The van der Waals surface area contributed by atoms with E-state index in [2.05, 4.69) is 39.9 Å². The van der Waals surface area contributed by atoms with Crippen molar-refractivity contribution in [3.63, 3.8) is 0 Å². The van der Waals surface area contributed by atoms with Crippen molar-refractivity contribution in [2.45, 2.75) is 66.3 Å². The van der Waals surface area contributed by atoms with Crippen molar-refractivity contribution < 1.29 is 4.79 Å². The Balaban J connectivity index is 2.40. The second kappa shape index (κ2) is 6.74. The van der Waals surface area contributed by atoms with E-state index in [1.807, 2.05) is 0 Å². The number of amides is 1. The maximum absolute atomic E-state index is 12.2. The molecule has 3 N–H and O–H groups in total. The Hall–Kier alpha value is -0.570. The molecule has 19 heavy (non-hydrogen) atoms. The zero-order valence-corrected chi connectivity index (χ0v) is 13.3. The Labute approximate surface area is 118 Å². The molecule has 0 bridgehead atoms. The van der Waals surface area contributed by atoms with Crippen LogP contribution in [-0.4, -0.2) is 18.5 Å². The van der Waals surface area contributed by atoms with Gasteiger partial charge in [0.1, 0.15) is 0 Å². The zero-order valence-electron chi connectivity index (χ0n) is 13.3. The van der Waals surface area contributed by atoms with Crippen LogP contribution in [0.25, 0.3) is 0 Å². The van der Waals surface area contributed by atoms with Crippen molar-refractivity contribution in [2.24, 2.45) is 28.9 Å². The van der Waals surface area contributed by atoms with Gasteiger partial charge in [-0.25, -0.2) is 0 Å². The molecule has 0 radical (unpaired) electrons. The van der Waals surface area contributed by atoms with E-state index in [-0.39, 0.29) is 17.2 Å². The van der Waals surface area contributed by atoms with Crippen LogP contribution in [0.2, 0.25) is 0 Å². The highest BCUT2D eigenvalue weighted by atomic mass is 16.1. The second-order valence-corrected chi connectivity index (χ2v) is 7.49. The van der Waals surface area contributed by atoms with Crippen LogP contribution >= 0.6 is 0 Å². The molecule has 3 nitrogen and oxygen atoms in total. The minimum atomic E-state index is 0.0959. The first-order valence-electron chi connectivity index (χ1n) is 7.75. The van der Waals surface area contributed by atoms with Crippen molar-refractivity contribution >= 4 is 5.91 Å². The highest BCUT2D eigenvalue weighted by molar-refractivity contribution is 5.78. The first-order valence-corrected chi connectivity index (χ1v) is 7.75. The Bertz CT molecular complexity index is 296. The lowest BCUT2D eigenvalue weighted by molar-refractivity contribution is -0.126. The average molecular weight is 268 g/mol. The summed E-state index contributed by atoms with van der Waals surface area (Å²) in [6.07, 6.45) is 4.44. The molecule has 0 aromatic rings. The van der Waals surface area contributed by atoms with E-state index >= 15 is 0 Å². The van der Waals surface area contributed by atoms with Crippen molar-refractivity contribution in [1.29, 1.82) is 0 Å². The molecule has 4 atom stereocenters. The first-order chi connectivity index (χ1) is 8.71. The maximum Gasteiger partial charge on any atom is 0.223 e. The molecule has 1 rings (SSSR count). The number of carbonyl (C=O) groups is 1. The summed E-state index contributed by atoms with van der Waals surface area (Å²) in [7, 11) is 0. The van der Waals surface area contributed by atoms with Gasteiger partial charge in [0.25, 0.3) is 0 Å². The zero-order chi connectivity index (χ0) is 14.6. The normalized spacial score (nSPS) is 27.7. The van der Waals surface area contributed by atoms with Crippen LogP contribution in [0.5, 0.6) is 0 Å². The highest BCUT2D eigenvalue weighted by Crippen LogP contribution is 2.30. The predicted octanol–water partition coefficient (Wildman–Crippen LogP) is 2.94. The van der Waals surface area contributed by atoms with Gasteiger partial charge in [-0.1, -0.05) is 41.0 Å². The second-order valence-electron chi connectivity index (χ2n) is 7.49. The summed E-state index contributed by atoms with van der Waals surface area (Å²) in [5.74, 6) is 1.25. The molecule has 0 aromatic heterocycles. The van der Waals surface area contributed by atoms with Gasteiger partial charge in [0, 0.05) is 18.5 Å². The lowest BCUT2D eigenvalue weighted by Gasteiger charge is -2.32. The molecule has 4 unspecified atom stereocenters. The van der Waals surface area contributed by atoms with Gasteiger partial charge in [0.2, 0.25) is 5.91 Å². The van der Waals surface area contributed by atoms with Crippen molar-refractivity contribution in [2.75, 3.05) is 6.54 Å². The molecule has 1 saturated carbocycles. The van der Waals surface area contributed by atoms with E-state index in [0.29, 0.717) is 17.9 Å². The summed E-state index contributed by atoms with van der Waals surface area (Å²) < 4.78 is 0. The van der Waals surface area contributed by atoms with Gasteiger partial charge < -0.3 is 11.1 Å². The maximum atomic E-state index is 12.2. The van der Waals surface area contributed by atoms with Crippen LogP contribution in [0.1, 0.15) is 60.3 Å². The molecule has 112 valence electrons. The van der Waals surface area contributed by atoms with Crippen LogP contribution in [0.3, 0.4) is 0 Å². The van der Waals surface area contributed by atoms with Gasteiger partial charge >= 0.3 is 0 Å². The van der Waals surface area contributed by atoms with Crippen molar-refractivity contribution in [1.82, 2.24) is 5.32 Å². The molecule has 1 fully saturated rings. The summed E-state index contributed by atoms with van der Waals surface area (Å²) >= 11 is 0. The summed E-state index contributed by atoms with van der Waals surface area (Å²) in [6.45, 7) is 11.7. The van der Waals surface area contributed by atoms with Gasteiger partial charge in [-0.2, -0.15) is 0 Å². The molecule has 0 spiro atoms. The van der Waals surface area contributed by atoms with Crippen LogP contribution < -0.4 is 11.1 Å². The quantitative estimate of drug-likeness (QED) is 0.823. The van der Waals surface area contributed by atoms with Crippen molar-refractivity contribution in [3.05, 3.63) is 0 Å². The summed E-state index contributed by atoms with van der Waals surface area (Å²) in [5.41, 5.74) is 6.25. The van der Waals surface area contributed by atoms with E-state index in [0.717, 1.165) is 25.8 Å². The number of hydrogen-bond acceptors (Lipinski definition) is 2. The fourth-order valence-electron chi connectivity index (χ4n) is 2.66. The standard InChI is InChI=1S/C16H32N2O/c1-11(16(3,4)5)10-18-15(19)12(2)13-7-6-8-14(17)9-13/h11-14H,6-10,17H2,1-5H3,(H,18,19). The third-order valence-corrected chi connectivity index (χ3v) is 4.94. The number of nitrogens with one attached hydrogen (secondary N) is 1. The molecular weight excluding hydrogens is 236 g/mol. The smallest absolute Gasteiger partial charge is 0.223 e. The Kier molecular flexibility index (Phi) is 5.84. The molecule has 1 aliphatic carbocycles.